The molecular formula is C25H20F2N2O2S. The lowest BCUT2D eigenvalue weighted by Crippen LogP contribution is -2.32. The number of amides is 1. The van der Waals surface area contributed by atoms with Crippen LogP contribution in [0.2, 0.25) is 0 Å². The van der Waals surface area contributed by atoms with Crippen molar-refractivity contribution in [2.45, 2.75) is 23.8 Å². The maximum atomic E-state index is 13.6. The van der Waals surface area contributed by atoms with Crippen LogP contribution in [0.25, 0.3) is 22.2 Å². The van der Waals surface area contributed by atoms with Crippen LogP contribution in [0.4, 0.5) is 8.78 Å². The van der Waals surface area contributed by atoms with Gasteiger partial charge in [0.05, 0.1) is 5.75 Å². The van der Waals surface area contributed by atoms with Crippen molar-refractivity contribution >= 4 is 28.8 Å². The number of thioether (sulfide) groups is 1. The molecule has 1 aromatic heterocycles. The molecule has 2 heterocycles. The van der Waals surface area contributed by atoms with Crippen molar-refractivity contribution in [3.8, 4) is 11.1 Å². The van der Waals surface area contributed by atoms with Crippen LogP contribution in [0.3, 0.4) is 0 Å². The maximum absolute atomic E-state index is 13.6. The number of nitrogens with zero attached hydrogens (tertiary/aromatic N) is 2. The highest BCUT2D eigenvalue weighted by atomic mass is 32.2. The Labute approximate surface area is 188 Å². The van der Waals surface area contributed by atoms with E-state index in [9.17, 15) is 13.6 Å². The van der Waals surface area contributed by atoms with Crippen LogP contribution in [-0.4, -0.2) is 28.1 Å². The Morgan fingerprint density at radius 2 is 1.81 bits per heavy atom. The number of hydrogen-bond donors (Lipinski definition) is 0. The minimum absolute atomic E-state index is 0.0612. The predicted octanol–water partition coefficient (Wildman–Crippen LogP) is 6.23. The molecule has 5 rings (SSSR count). The van der Waals surface area contributed by atoms with Crippen molar-refractivity contribution in [3.63, 3.8) is 0 Å². The van der Waals surface area contributed by atoms with E-state index in [1.165, 1.54) is 23.9 Å². The second-order valence-electron chi connectivity index (χ2n) is 7.71. The van der Waals surface area contributed by atoms with Gasteiger partial charge in [0.15, 0.2) is 17.2 Å². The van der Waals surface area contributed by atoms with Crippen molar-refractivity contribution in [2.75, 3.05) is 12.3 Å². The molecule has 1 unspecified atom stereocenters. The zero-order valence-corrected chi connectivity index (χ0v) is 17.9. The van der Waals surface area contributed by atoms with Gasteiger partial charge in [0.25, 0.3) is 0 Å². The van der Waals surface area contributed by atoms with E-state index in [1.807, 2.05) is 35.2 Å². The molecule has 7 heteroatoms. The molecule has 162 valence electrons. The first-order valence-corrected chi connectivity index (χ1v) is 11.4. The highest BCUT2D eigenvalue weighted by Gasteiger charge is 2.33. The molecule has 0 spiro atoms. The third-order valence-corrected chi connectivity index (χ3v) is 6.62. The average Bonchev–Trinajstić information content (AvgIpc) is 3.46. The normalized spacial score (nSPS) is 16.1. The first kappa shape index (κ1) is 20.7. The number of rotatable bonds is 5. The van der Waals surface area contributed by atoms with Crippen LogP contribution >= 0.6 is 11.8 Å². The van der Waals surface area contributed by atoms with Crippen LogP contribution < -0.4 is 0 Å². The molecule has 4 aromatic rings. The monoisotopic (exact) mass is 450 g/mol. The number of aromatic nitrogens is 1. The molecule has 1 amide bonds. The fourth-order valence-electron chi connectivity index (χ4n) is 4.01. The summed E-state index contributed by atoms with van der Waals surface area (Å²) in [6.07, 6.45) is 1.69. The number of benzene rings is 3. The lowest BCUT2D eigenvalue weighted by molar-refractivity contribution is -0.129. The molecule has 1 fully saturated rings. The zero-order valence-electron chi connectivity index (χ0n) is 17.1. The number of fused-ring (bicyclic) bond motifs is 1. The molecule has 0 bridgehead atoms. The van der Waals surface area contributed by atoms with Crippen LogP contribution in [-0.2, 0) is 4.79 Å². The Morgan fingerprint density at radius 1 is 1.03 bits per heavy atom. The fraction of sp³-hybridized carbons (Fsp3) is 0.200. The predicted molar refractivity (Wildman–Crippen MR) is 120 cm³/mol. The molecule has 4 nitrogen and oxygen atoms in total. The second-order valence-corrected chi connectivity index (χ2v) is 8.76. The standard InChI is InChI=1S/C25H20F2N2O2S/c26-19-10-8-16(13-20(19)27)17-9-11-23-21(14-17)28-25(31-23)22-7-4-12-29(22)24(30)15-32-18-5-2-1-3-6-18/h1-3,5-6,8-11,13-14,22H,4,7,12,15H2. The van der Waals surface area contributed by atoms with Crippen molar-refractivity contribution < 1.29 is 18.0 Å². The molecule has 1 aliphatic rings. The lowest BCUT2D eigenvalue weighted by atomic mass is 10.1. The summed E-state index contributed by atoms with van der Waals surface area (Å²) in [5.41, 5.74) is 2.50. The Kier molecular flexibility index (Phi) is 5.66. The number of carbonyl (C=O) groups is 1. The summed E-state index contributed by atoms with van der Waals surface area (Å²) in [6, 6.07) is 18.8. The Balaban J connectivity index is 1.36. The van der Waals surface area contributed by atoms with E-state index in [-0.39, 0.29) is 11.9 Å². The Bertz CT molecular complexity index is 1280. The van der Waals surface area contributed by atoms with Crippen LogP contribution in [0, 0.1) is 11.6 Å². The number of oxazole rings is 1. The van der Waals surface area contributed by atoms with Gasteiger partial charge >= 0.3 is 0 Å². The summed E-state index contributed by atoms with van der Waals surface area (Å²) in [5.74, 6) is -0.836. The molecule has 32 heavy (non-hydrogen) atoms. The van der Waals surface area contributed by atoms with Crippen molar-refractivity contribution in [1.82, 2.24) is 9.88 Å². The minimum Gasteiger partial charge on any atom is -0.438 e. The van der Waals surface area contributed by atoms with E-state index in [0.29, 0.717) is 34.9 Å². The summed E-state index contributed by atoms with van der Waals surface area (Å²) in [6.45, 7) is 0.678. The molecule has 1 atom stereocenters. The van der Waals surface area contributed by atoms with Gasteiger partial charge in [0, 0.05) is 11.4 Å². The highest BCUT2D eigenvalue weighted by Crippen LogP contribution is 2.35. The van der Waals surface area contributed by atoms with Crippen molar-refractivity contribution in [2.24, 2.45) is 0 Å². The smallest absolute Gasteiger partial charge is 0.233 e. The summed E-state index contributed by atoms with van der Waals surface area (Å²) in [4.78, 5) is 20.4. The van der Waals surface area contributed by atoms with Gasteiger partial charge < -0.3 is 9.32 Å². The van der Waals surface area contributed by atoms with Crippen LogP contribution in [0.15, 0.2) is 76.0 Å². The largest absolute Gasteiger partial charge is 0.438 e. The molecule has 0 radical (unpaired) electrons. The lowest BCUT2D eigenvalue weighted by Gasteiger charge is -2.22. The van der Waals surface area contributed by atoms with Gasteiger partial charge in [0.1, 0.15) is 11.6 Å². The zero-order chi connectivity index (χ0) is 22.1. The second kappa shape index (κ2) is 8.74. The van der Waals surface area contributed by atoms with E-state index in [0.717, 1.165) is 29.4 Å². The molecule has 0 saturated carbocycles. The van der Waals surface area contributed by atoms with Crippen molar-refractivity contribution in [3.05, 3.63) is 84.3 Å². The Morgan fingerprint density at radius 3 is 2.62 bits per heavy atom. The first-order chi connectivity index (χ1) is 15.6. The van der Waals surface area contributed by atoms with Gasteiger partial charge in [-0.3, -0.25) is 4.79 Å². The van der Waals surface area contributed by atoms with E-state index in [2.05, 4.69) is 4.98 Å². The minimum atomic E-state index is -0.892. The number of carbonyl (C=O) groups excluding carboxylic acids is 1. The number of likely N-dealkylation sites (tertiary alicyclic amines) is 1. The molecule has 1 aliphatic heterocycles. The van der Waals surface area contributed by atoms with Crippen LogP contribution in [0.1, 0.15) is 24.8 Å². The fourth-order valence-corrected chi connectivity index (χ4v) is 4.82. The highest BCUT2D eigenvalue weighted by molar-refractivity contribution is 8.00. The topological polar surface area (TPSA) is 46.3 Å². The van der Waals surface area contributed by atoms with E-state index < -0.39 is 11.6 Å². The van der Waals surface area contributed by atoms with E-state index in [1.54, 1.807) is 18.2 Å². The summed E-state index contributed by atoms with van der Waals surface area (Å²) < 4.78 is 32.9. The van der Waals surface area contributed by atoms with Crippen molar-refractivity contribution in [1.29, 1.82) is 0 Å². The van der Waals surface area contributed by atoms with E-state index in [4.69, 9.17) is 4.42 Å². The summed E-state index contributed by atoms with van der Waals surface area (Å²) >= 11 is 1.52. The summed E-state index contributed by atoms with van der Waals surface area (Å²) in [7, 11) is 0. The van der Waals surface area contributed by atoms with Gasteiger partial charge in [-0.2, -0.15) is 0 Å². The van der Waals surface area contributed by atoms with Crippen LogP contribution in [0.5, 0.6) is 0 Å². The number of hydrogen-bond acceptors (Lipinski definition) is 4. The average molecular weight is 451 g/mol. The van der Waals surface area contributed by atoms with Gasteiger partial charge in [0.2, 0.25) is 11.8 Å². The van der Waals surface area contributed by atoms with Gasteiger partial charge in [-0.1, -0.05) is 30.3 Å². The summed E-state index contributed by atoms with van der Waals surface area (Å²) in [5, 5.41) is 0. The molecule has 0 N–H and O–H groups in total. The number of halogens is 2. The molecule has 3 aromatic carbocycles. The molecular weight excluding hydrogens is 430 g/mol. The third-order valence-electron chi connectivity index (χ3n) is 5.62. The Hall–Kier alpha value is -3.19. The van der Waals surface area contributed by atoms with Gasteiger partial charge in [-0.15, -0.1) is 11.8 Å². The maximum Gasteiger partial charge on any atom is 0.233 e. The quantitative estimate of drug-likeness (QED) is 0.338. The SMILES string of the molecule is O=C(CSc1ccccc1)N1CCCC1c1nc2cc(-c3ccc(F)c(F)c3)ccc2o1. The van der Waals surface area contributed by atoms with E-state index >= 15 is 0 Å². The third kappa shape index (κ3) is 4.12. The molecule has 0 aliphatic carbocycles. The van der Waals surface area contributed by atoms with Gasteiger partial charge in [-0.05, 0) is 60.4 Å². The molecule has 1 saturated heterocycles. The van der Waals surface area contributed by atoms with Gasteiger partial charge in [-0.25, -0.2) is 13.8 Å². The first-order valence-electron chi connectivity index (χ1n) is 10.4.